The fourth-order valence-corrected chi connectivity index (χ4v) is 2.68. The second-order valence-electron chi connectivity index (χ2n) is 5.05. The molecular formula is C10H16BN5O4. The third-order valence-corrected chi connectivity index (χ3v) is 3.64. The molecule has 20 heavy (non-hydrogen) atoms. The van der Waals surface area contributed by atoms with Gasteiger partial charge in [0.2, 0.25) is 13.9 Å². The van der Waals surface area contributed by atoms with Crippen molar-refractivity contribution in [2.24, 2.45) is 0 Å². The largest absolute Gasteiger partial charge is 0.398 e. The van der Waals surface area contributed by atoms with Crippen molar-refractivity contribution in [1.29, 1.82) is 0 Å². The molecule has 0 amide bonds. The zero-order valence-corrected chi connectivity index (χ0v) is 11.0. The molecule has 3 heterocycles. The van der Waals surface area contributed by atoms with Crippen LogP contribution in [0.25, 0.3) is 0 Å². The van der Waals surface area contributed by atoms with Crippen LogP contribution in [0, 0.1) is 0 Å². The van der Waals surface area contributed by atoms with E-state index in [0.29, 0.717) is 24.6 Å². The summed E-state index contributed by atoms with van der Waals surface area (Å²) >= 11 is 0. The number of nitrogens with two attached hydrogens (primary N) is 1. The first-order chi connectivity index (χ1) is 9.51. The van der Waals surface area contributed by atoms with Gasteiger partial charge in [-0.3, -0.25) is 9.78 Å². The summed E-state index contributed by atoms with van der Waals surface area (Å²) in [6.45, 7) is 0.156. The number of anilines is 3. The molecule has 2 aliphatic rings. The number of nitrogens with one attached hydrogen (secondary N) is 1. The van der Waals surface area contributed by atoms with Crippen molar-refractivity contribution in [2.45, 2.75) is 24.9 Å². The molecule has 1 fully saturated rings. The molecule has 0 bridgehead atoms. The predicted octanol–water partition coefficient (Wildman–Crippen LogP) is -3.05. The van der Waals surface area contributed by atoms with Gasteiger partial charge < -0.3 is 30.4 Å². The van der Waals surface area contributed by atoms with Gasteiger partial charge >= 0.3 is 0 Å². The second-order valence-corrected chi connectivity index (χ2v) is 5.05. The quantitative estimate of drug-likeness (QED) is 0.421. The molecule has 10 heteroatoms. The van der Waals surface area contributed by atoms with Crippen LogP contribution in [-0.2, 0) is 4.74 Å². The van der Waals surface area contributed by atoms with Crippen molar-refractivity contribution in [3.8, 4) is 0 Å². The Labute approximate surface area is 115 Å². The Hall–Kier alpha value is -1.78. The summed E-state index contributed by atoms with van der Waals surface area (Å²) < 4.78 is 5.60. The van der Waals surface area contributed by atoms with E-state index in [4.69, 9.17) is 15.6 Å². The maximum atomic E-state index is 11.9. The number of H-pyrrole nitrogens is 1. The van der Waals surface area contributed by atoms with E-state index >= 15 is 0 Å². The lowest BCUT2D eigenvalue weighted by molar-refractivity contribution is -0.0219. The molecule has 9 nitrogen and oxygen atoms in total. The topological polar surface area (TPSA) is 128 Å². The van der Waals surface area contributed by atoms with Crippen LogP contribution in [0.1, 0.15) is 6.42 Å². The van der Waals surface area contributed by atoms with Crippen LogP contribution in [0.5, 0.6) is 0 Å². The molecule has 0 saturated carbocycles. The first kappa shape index (κ1) is 13.2. The Morgan fingerprint density at radius 1 is 1.60 bits per heavy atom. The lowest BCUT2D eigenvalue weighted by Gasteiger charge is -2.25. The van der Waals surface area contributed by atoms with Gasteiger partial charge in [0.1, 0.15) is 18.0 Å². The highest BCUT2D eigenvalue weighted by atomic mass is 16.5. The maximum absolute atomic E-state index is 11.9. The number of nitrogens with zero attached hydrogens (tertiary/aromatic N) is 3. The summed E-state index contributed by atoms with van der Waals surface area (Å²) in [6, 6.07) is 0. The van der Waals surface area contributed by atoms with Crippen molar-refractivity contribution in [2.75, 3.05) is 28.7 Å². The van der Waals surface area contributed by atoms with Crippen LogP contribution in [0.15, 0.2) is 4.79 Å². The van der Waals surface area contributed by atoms with Gasteiger partial charge in [-0.1, -0.05) is 0 Å². The molecular weight excluding hydrogens is 265 g/mol. The van der Waals surface area contributed by atoms with Gasteiger partial charge in [0.15, 0.2) is 5.82 Å². The zero-order valence-electron chi connectivity index (χ0n) is 11.0. The minimum atomic E-state index is -0.737. The number of fused-ring (bicyclic) bond motifs is 1. The standard InChI is InChI=1S/C10H16BN5O4/c11-16-3-15(6-1-4(18)5(2-17)20-6)8-7(16)9(19)14-10(12)13-8/h4-6,17-18H,1-3,11H2,(H3,12,13,14,19)/t4-,5+,6+/m0/s1. The van der Waals surface area contributed by atoms with Crippen LogP contribution in [-0.4, -0.2) is 59.9 Å². The van der Waals surface area contributed by atoms with E-state index in [1.54, 1.807) is 17.7 Å². The van der Waals surface area contributed by atoms with Gasteiger partial charge in [-0.25, -0.2) is 0 Å². The van der Waals surface area contributed by atoms with Crippen molar-refractivity contribution in [3.63, 3.8) is 0 Å². The van der Waals surface area contributed by atoms with Gasteiger partial charge in [-0.15, -0.1) is 0 Å². The number of ether oxygens (including phenoxy) is 1. The monoisotopic (exact) mass is 281 g/mol. The third kappa shape index (κ3) is 1.92. The van der Waals surface area contributed by atoms with Gasteiger partial charge in [-0.2, -0.15) is 4.98 Å². The first-order valence-corrected chi connectivity index (χ1v) is 6.33. The van der Waals surface area contributed by atoms with Gasteiger partial charge in [0, 0.05) is 6.42 Å². The normalized spacial score (nSPS) is 29.0. The maximum Gasteiger partial charge on any atom is 0.276 e. The Kier molecular flexibility index (Phi) is 3.07. The highest BCUT2D eigenvalue weighted by molar-refractivity contribution is 6.20. The molecule has 108 valence electrons. The molecule has 3 rings (SSSR count). The first-order valence-electron chi connectivity index (χ1n) is 6.33. The van der Waals surface area contributed by atoms with Gasteiger partial charge in [-0.05, 0) is 0 Å². The van der Waals surface area contributed by atoms with E-state index in [1.807, 2.05) is 0 Å². The summed E-state index contributed by atoms with van der Waals surface area (Å²) in [5.41, 5.74) is 5.69. The van der Waals surface area contributed by atoms with Crippen LogP contribution in [0.2, 0.25) is 0 Å². The average Bonchev–Trinajstić information content (AvgIpc) is 2.90. The summed E-state index contributed by atoms with van der Waals surface area (Å²) in [6.07, 6.45) is -1.46. The molecule has 3 atom stereocenters. The minimum absolute atomic E-state index is 0.0336. The van der Waals surface area contributed by atoms with E-state index < -0.39 is 18.4 Å². The summed E-state index contributed by atoms with van der Waals surface area (Å²) in [5, 5.41) is 18.9. The van der Waals surface area contributed by atoms with Gasteiger partial charge in [0.25, 0.3) is 5.56 Å². The molecule has 0 unspecified atom stereocenters. The number of aliphatic hydroxyl groups excluding tert-OH is 2. The molecule has 1 aromatic rings. The summed E-state index contributed by atoms with van der Waals surface area (Å²) in [7, 11) is 1.76. The SMILES string of the molecule is BN1CN([C@H]2C[C@H](O)[C@@H](CO)O2)c2nc(N)[nH]c(=O)c21. The molecule has 1 saturated heterocycles. The van der Waals surface area contributed by atoms with Crippen LogP contribution in [0.4, 0.5) is 17.5 Å². The lowest BCUT2D eigenvalue weighted by Crippen LogP contribution is -2.38. The van der Waals surface area contributed by atoms with Crippen molar-refractivity contribution >= 4 is 25.4 Å². The van der Waals surface area contributed by atoms with Crippen molar-refractivity contribution in [3.05, 3.63) is 10.4 Å². The van der Waals surface area contributed by atoms with Crippen LogP contribution in [0.3, 0.4) is 0 Å². The number of nitrogen functional groups attached to an aromatic ring is 1. The number of aromatic nitrogens is 2. The highest BCUT2D eigenvalue weighted by Crippen LogP contribution is 2.35. The lowest BCUT2D eigenvalue weighted by atomic mass is 10.2. The van der Waals surface area contributed by atoms with E-state index in [-0.39, 0.29) is 18.1 Å². The van der Waals surface area contributed by atoms with Crippen molar-refractivity contribution < 1.29 is 14.9 Å². The summed E-state index contributed by atoms with van der Waals surface area (Å²) in [4.78, 5) is 22.0. The molecule has 0 spiro atoms. The number of aromatic amines is 1. The predicted molar refractivity (Wildman–Crippen MR) is 74.0 cm³/mol. The fourth-order valence-electron chi connectivity index (χ4n) is 2.68. The van der Waals surface area contributed by atoms with Crippen LogP contribution >= 0.6 is 0 Å². The zero-order chi connectivity index (χ0) is 14.4. The Bertz CT molecular complexity index is 581. The smallest absolute Gasteiger partial charge is 0.276 e. The highest BCUT2D eigenvalue weighted by Gasteiger charge is 2.41. The Morgan fingerprint density at radius 2 is 2.35 bits per heavy atom. The average molecular weight is 281 g/mol. The molecule has 1 aromatic heterocycles. The Morgan fingerprint density at radius 3 is 3.00 bits per heavy atom. The molecule has 0 radical (unpaired) electrons. The number of hydrogen-bond donors (Lipinski definition) is 4. The second kappa shape index (κ2) is 4.65. The number of aliphatic hydroxyl groups is 2. The summed E-state index contributed by atoms with van der Waals surface area (Å²) in [5.74, 6) is 0.468. The van der Waals surface area contributed by atoms with Crippen molar-refractivity contribution in [1.82, 2.24) is 9.97 Å². The van der Waals surface area contributed by atoms with Crippen LogP contribution < -0.4 is 21.0 Å². The molecule has 0 aromatic carbocycles. The number of hydrogen-bond acceptors (Lipinski definition) is 8. The Balaban J connectivity index is 1.94. The fraction of sp³-hybridized carbons (Fsp3) is 0.600. The van der Waals surface area contributed by atoms with E-state index in [9.17, 15) is 9.90 Å². The van der Waals surface area contributed by atoms with E-state index in [1.165, 1.54) is 0 Å². The third-order valence-electron chi connectivity index (χ3n) is 3.64. The molecule has 5 N–H and O–H groups in total. The van der Waals surface area contributed by atoms with E-state index in [0.717, 1.165) is 0 Å². The number of rotatable bonds is 2. The van der Waals surface area contributed by atoms with Gasteiger partial charge in [0.05, 0.1) is 19.4 Å². The molecule has 2 aliphatic heterocycles. The minimum Gasteiger partial charge on any atom is -0.398 e. The molecule has 0 aliphatic carbocycles. The van der Waals surface area contributed by atoms with E-state index in [2.05, 4.69) is 9.97 Å².